The van der Waals surface area contributed by atoms with Crippen molar-refractivity contribution in [3.63, 3.8) is 0 Å². The molecule has 8 nitrogen and oxygen atoms in total. The quantitative estimate of drug-likeness (QED) is 0.528. The lowest BCUT2D eigenvalue weighted by molar-refractivity contribution is -0.125. The van der Waals surface area contributed by atoms with E-state index < -0.39 is 17.4 Å². The second kappa shape index (κ2) is 9.62. The number of nitrogens with zero attached hydrogens (tertiary/aromatic N) is 3. The van der Waals surface area contributed by atoms with Crippen molar-refractivity contribution in [1.29, 1.82) is 5.26 Å². The fraction of sp³-hybridized carbons (Fsp3) is 0.333. The molecule has 0 aliphatic carbocycles. The van der Waals surface area contributed by atoms with Crippen LogP contribution in [0.2, 0.25) is 0 Å². The van der Waals surface area contributed by atoms with Gasteiger partial charge in [0.25, 0.3) is 5.91 Å². The summed E-state index contributed by atoms with van der Waals surface area (Å²) in [6.45, 7) is 5.94. The highest BCUT2D eigenvalue weighted by molar-refractivity contribution is 6.06. The molecule has 1 aromatic heterocycles. The monoisotopic (exact) mass is 433 g/mol. The summed E-state index contributed by atoms with van der Waals surface area (Å²) >= 11 is 0. The summed E-state index contributed by atoms with van der Waals surface area (Å²) in [5.41, 5.74) is 2.00. The number of benzene rings is 2. The fourth-order valence-electron chi connectivity index (χ4n) is 3.43. The summed E-state index contributed by atoms with van der Waals surface area (Å²) in [7, 11) is 0. The number of aliphatic hydroxyl groups is 1. The molecule has 0 saturated heterocycles. The van der Waals surface area contributed by atoms with Gasteiger partial charge in [-0.25, -0.2) is 0 Å². The number of carbonyl (C=O) groups is 2. The van der Waals surface area contributed by atoms with E-state index in [-0.39, 0.29) is 24.8 Å². The van der Waals surface area contributed by atoms with Gasteiger partial charge in [-0.05, 0) is 29.2 Å². The highest BCUT2D eigenvalue weighted by Crippen LogP contribution is 2.23. The van der Waals surface area contributed by atoms with Crippen molar-refractivity contribution in [3.8, 4) is 6.07 Å². The zero-order chi connectivity index (χ0) is 23.3. The maximum absolute atomic E-state index is 13.2. The van der Waals surface area contributed by atoms with Gasteiger partial charge in [0.15, 0.2) is 5.69 Å². The highest BCUT2D eigenvalue weighted by atomic mass is 16.3. The smallest absolute Gasteiger partial charge is 0.273 e. The average Bonchev–Trinajstić information content (AvgIpc) is 3.14. The van der Waals surface area contributed by atoms with Crippen LogP contribution in [0.15, 0.2) is 48.5 Å². The Morgan fingerprint density at radius 2 is 1.84 bits per heavy atom. The number of aromatic nitrogens is 2. The van der Waals surface area contributed by atoms with E-state index in [4.69, 9.17) is 10.4 Å². The van der Waals surface area contributed by atoms with Crippen LogP contribution in [0.3, 0.4) is 0 Å². The third-order valence-electron chi connectivity index (χ3n) is 5.10. The van der Waals surface area contributed by atoms with Crippen molar-refractivity contribution in [2.45, 2.75) is 33.4 Å². The Morgan fingerprint density at radius 1 is 1.16 bits per heavy atom. The van der Waals surface area contributed by atoms with Crippen molar-refractivity contribution >= 4 is 22.7 Å². The number of amides is 2. The third-order valence-corrected chi connectivity index (χ3v) is 5.10. The molecule has 0 aliphatic rings. The van der Waals surface area contributed by atoms with E-state index in [0.717, 1.165) is 11.1 Å². The Labute approximate surface area is 186 Å². The van der Waals surface area contributed by atoms with Crippen molar-refractivity contribution in [3.05, 3.63) is 65.4 Å². The van der Waals surface area contributed by atoms with Crippen LogP contribution >= 0.6 is 0 Å². The van der Waals surface area contributed by atoms with Gasteiger partial charge in [-0.15, -0.1) is 0 Å². The van der Waals surface area contributed by atoms with Gasteiger partial charge in [-0.2, -0.15) is 10.4 Å². The van der Waals surface area contributed by atoms with E-state index >= 15 is 0 Å². The molecule has 0 aliphatic heterocycles. The van der Waals surface area contributed by atoms with Crippen molar-refractivity contribution in [2.24, 2.45) is 5.41 Å². The van der Waals surface area contributed by atoms with Gasteiger partial charge < -0.3 is 15.7 Å². The molecule has 2 amide bonds. The molecule has 2 aromatic carbocycles. The fourth-order valence-corrected chi connectivity index (χ4v) is 3.43. The number of hydrogen-bond acceptors (Lipinski definition) is 5. The van der Waals surface area contributed by atoms with Gasteiger partial charge in [-0.3, -0.25) is 14.3 Å². The van der Waals surface area contributed by atoms with E-state index in [1.165, 1.54) is 0 Å². The lowest BCUT2D eigenvalue weighted by Crippen LogP contribution is -2.54. The van der Waals surface area contributed by atoms with E-state index in [9.17, 15) is 9.59 Å². The summed E-state index contributed by atoms with van der Waals surface area (Å²) in [5, 5.41) is 28.7. The number of nitriles is 1. The molecule has 3 aromatic rings. The molecule has 1 heterocycles. The van der Waals surface area contributed by atoms with E-state index in [1.807, 2.05) is 57.2 Å². The van der Waals surface area contributed by atoms with Gasteiger partial charge in [0.2, 0.25) is 5.91 Å². The first-order chi connectivity index (χ1) is 15.2. The van der Waals surface area contributed by atoms with Gasteiger partial charge >= 0.3 is 0 Å². The number of aliphatic hydroxyl groups excluding tert-OH is 1. The number of hydrogen-bond donors (Lipinski definition) is 3. The van der Waals surface area contributed by atoms with Crippen LogP contribution in [-0.4, -0.2) is 45.9 Å². The van der Waals surface area contributed by atoms with Crippen molar-refractivity contribution < 1.29 is 14.7 Å². The summed E-state index contributed by atoms with van der Waals surface area (Å²) in [6, 6.07) is 15.9. The molecule has 166 valence electrons. The van der Waals surface area contributed by atoms with Crippen LogP contribution in [0.25, 0.3) is 10.9 Å². The summed E-state index contributed by atoms with van der Waals surface area (Å²) in [6.07, 6.45) is 0. The van der Waals surface area contributed by atoms with Gasteiger partial charge in [0, 0.05) is 11.9 Å². The number of carbonyl (C=O) groups excluding carboxylic acids is 2. The molecule has 0 spiro atoms. The minimum atomic E-state index is -0.802. The summed E-state index contributed by atoms with van der Waals surface area (Å²) in [5.74, 6) is -0.805. The Balaban J connectivity index is 1.91. The predicted octanol–water partition coefficient (Wildman–Crippen LogP) is 2.21. The van der Waals surface area contributed by atoms with Crippen LogP contribution in [0, 0.1) is 16.7 Å². The molecule has 0 bridgehead atoms. The van der Waals surface area contributed by atoms with E-state index in [2.05, 4.69) is 21.8 Å². The largest absolute Gasteiger partial charge is 0.395 e. The maximum atomic E-state index is 13.2. The van der Waals surface area contributed by atoms with E-state index in [0.29, 0.717) is 17.5 Å². The molecular formula is C24H27N5O3. The molecule has 3 rings (SSSR count). The minimum Gasteiger partial charge on any atom is -0.395 e. The van der Waals surface area contributed by atoms with Crippen LogP contribution in [0.4, 0.5) is 0 Å². The van der Waals surface area contributed by atoms with Crippen LogP contribution in [0.5, 0.6) is 0 Å². The number of rotatable bonds is 7. The topological polar surface area (TPSA) is 120 Å². The maximum Gasteiger partial charge on any atom is 0.273 e. The van der Waals surface area contributed by atoms with Gasteiger partial charge in [0.1, 0.15) is 6.04 Å². The van der Waals surface area contributed by atoms with Crippen LogP contribution in [-0.2, 0) is 11.3 Å². The Bertz CT molecular complexity index is 1150. The average molecular weight is 434 g/mol. The summed E-state index contributed by atoms with van der Waals surface area (Å²) < 4.78 is 1.74. The third kappa shape index (κ3) is 5.13. The Morgan fingerprint density at radius 3 is 2.47 bits per heavy atom. The number of para-hydroxylation sites is 1. The first-order valence-corrected chi connectivity index (χ1v) is 10.4. The van der Waals surface area contributed by atoms with Crippen molar-refractivity contribution in [2.75, 3.05) is 13.2 Å². The highest BCUT2D eigenvalue weighted by Gasteiger charge is 2.33. The van der Waals surface area contributed by atoms with Crippen molar-refractivity contribution in [1.82, 2.24) is 20.4 Å². The summed E-state index contributed by atoms with van der Waals surface area (Å²) in [4.78, 5) is 25.8. The van der Waals surface area contributed by atoms with E-state index in [1.54, 1.807) is 16.8 Å². The Kier molecular flexibility index (Phi) is 6.91. The molecular weight excluding hydrogens is 406 g/mol. The zero-order valence-electron chi connectivity index (χ0n) is 18.4. The first-order valence-electron chi connectivity index (χ1n) is 10.4. The SMILES string of the molecule is CC(C)(C)[C@H](NC(=O)c1nn(Cc2ccc(C#N)cc2)c2ccccc12)C(=O)NCCO. The lowest BCUT2D eigenvalue weighted by Gasteiger charge is -2.30. The van der Waals surface area contributed by atoms with Crippen LogP contribution < -0.4 is 10.6 Å². The Hall–Kier alpha value is -3.70. The zero-order valence-corrected chi connectivity index (χ0v) is 18.4. The second-order valence-corrected chi connectivity index (χ2v) is 8.62. The second-order valence-electron chi connectivity index (χ2n) is 8.62. The molecule has 0 saturated carbocycles. The predicted molar refractivity (Wildman–Crippen MR) is 121 cm³/mol. The van der Waals surface area contributed by atoms with Gasteiger partial charge in [0.05, 0.1) is 30.3 Å². The number of fused-ring (bicyclic) bond motifs is 1. The molecule has 0 radical (unpaired) electrons. The molecule has 1 atom stereocenters. The molecule has 8 heteroatoms. The lowest BCUT2D eigenvalue weighted by atomic mass is 9.86. The number of nitrogens with one attached hydrogen (secondary N) is 2. The molecule has 32 heavy (non-hydrogen) atoms. The molecule has 0 fully saturated rings. The first kappa shape index (κ1) is 23.0. The normalized spacial score (nSPS) is 12.2. The van der Waals surface area contributed by atoms with Gasteiger partial charge in [-0.1, -0.05) is 51.1 Å². The minimum absolute atomic E-state index is 0.115. The molecule has 3 N–H and O–H groups in total. The standard InChI is InChI=1S/C24H27N5O3/c1-24(2,3)21(23(32)26-12-13-30)27-22(31)20-18-6-4-5-7-19(18)29(28-20)15-17-10-8-16(14-25)9-11-17/h4-11,21,30H,12-13,15H2,1-3H3,(H,26,32)(H,27,31)/t21-/m1/s1. The molecule has 0 unspecified atom stereocenters. The van der Waals surface area contributed by atoms with Crippen LogP contribution in [0.1, 0.15) is 42.4 Å².